The molecule has 0 aliphatic carbocycles. The molecule has 0 aromatic carbocycles. The zero-order valence-electron chi connectivity index (χ0n) is 11.2. The van der Waals surface area contributed by atoms with Crippen LogP contribution in [0.4, 0.5) is 0 Å². The van der Waals surface area contributed by atoms with E-state index in [1.165, 1.54) is 0 Å². The first kappa shape index (κ1) is 14.9. The standard InChI is InChI=1S/C14H23NO3S/c16-7-2-1-5-15-6-8-18-11-12(15)10-13(17)14-4-3-9-19-14/h3-4,9,12-13,16-17H,1-2,5-8,10-11H2. The van der Waals surface area contributed by atoms with Gasteiger partial charge in [-0.1, -0.05) is 6.07 Å². The fourth-order valence-corrected chi connectivity index (χ4v) is 3.21. The zero-order chi connectivity index (χ0) is 13.5. The first-order valence-corrected chi connectivity index (χ1v) is 7.83. The molecule has 2 heterocycles. The van der Waals surface area contributed by atoms with E-state index < -0.39 is 6.10 Å². The normalized spacial score (nSPS) is 22.5. The predicted molar refractivity (Wildman–Crippen MR) is 76.4 cm³/mol. The molecule has 0 amide bonds. The van der Waals surface area contributed by atoms with Gasteiger partial charge in [-0.15, -0.1) is 11.3 Å². The zero-order valence-corrected chi connectivity index (χ0v) is 12.0. The SMILES string of the molecule is OCCCCN1CCOCC1CC(O)c1cccs1. The number of aliphatic hydroxyl groups excluding tert-OH is 2. The lowest BCUT2D eigenvalue weighted by Gasteiger charge is -2.36. The number of unbranched alkanes of at least 4 members (excludes halogenated alkanes) is 1. The van der Waals surface area contributed by atoms with Crippen LogP contribution in [0.25, 0.3) is 0 Å². The minimum absolute atomic E-state index is 0.257. The van der Waals surface area contributed by atoms with Gasteiger partial charge in [-0.25, -0.2) is 0 Å². The van der Waals surface area contributed by atoms with Crippen molar-refractivity contribution in [3.63, 3.8) is 0 Å². The number of hydrogen-bond donors (Lipinski definition) is 2. The molecule has 0 saturated carbocycles. The summed E-state index contributed by atoms with van der Waals surface area (Å²) in [5.41, 5.74) is 0. The molecule has 2 atom stereocenters. The minimum Gasteiger partial charge on any atom is -0.396 e. The highest BCUT2D eigenvalue weighted by Gasteiger charge is 2.25. The Bertz CT molecular complexity index is 344. The average Bonchev–Trinajstić information content (AvgIpc) is 2.95. The summed E-state index contributed by atoms with van der Waals surface area (Å²) in [7, 11) is 0. The third-order valence-electron chi connectivity index (χ3n) is 3.57. The maximum atomic E-state index is 10.2. The second-order valence-corrected chi connectivity index (χ2v) is 5.94. The molecule has 2 N–H and O–H groups in total. The van der Waals surface area contributed by atoms with E-state index in [1.807, 2.05) is 17.5 Å². The summed E-state index contributed by atoms with van der Waals surface area (Å²) in [4.78, 5) is 3.41. The van der Waals surface area contributed by atoms with Crippen LogP contribution in [0.5, 0.6) is 0 Å². The molecule has 0 spiro atoms. The molecular weight excluding hydrogens is 262 g/mol. The smallest absolute Gasteiger partial charge is 0.0897 e. The molecule has 2 unspecified atom stereocenters. The number of thiophene rings is 1. The maximum absolute atomic E-state index is 10.2. The molecule has 1 saturated heterocycles. The van der Waals surface area contributed by atoms with Crippen LogP contribution in [0, 0.1) is 0 Å². The van der Waals surface area contributed by atoms with Crippen LogP contribution in [0.3, 0.4) is 0 Å². The number of aliphatic hydroxyl groups is 2. The lowest BCUT2D eigenvalue weighted by Crippen LogP contribution is -2.46. The molecule has 108 valence electrons. The minimum atomic E-state index is -0.396. The Balaban J connectivity index is 1.84. The van der Waals surface area contributed by atoms with E-state index >= 15 is 0 Å². The first-order valence-electron chi connectivity index (χ1n) is 6.95. The van der Waals surface area contributed by atoms with Gasteiger partial charge in [-0.2, -0.15) is 0 Å². The van der Waals surface area contributed by atoms with Crippen LogP contribution in [0.1, 0.15) is 30.2 Å². The Labute approximate surface area is 118 Å². The van der Waals surface area contributed by atoms with Crippen molar-refractivity contribution in [2.45, 2.75) is 31.4 Å². The van der Waals surface area contributed by atoms with E-state index in [1.54, 1.807) is 11.3 Å². The summed E-state index contributed by atoms with van der Waals surface area (Å²) in [5.74, 6) is 0. The third-order valence-corrected chi connectivity index (χ3v) is 4.54. The summed E-state index contributed by atoms with van der Waals surface area (Å²) in [6.45, 7) is 3.62. The number of nitrogens with zero attached hydrogens (tertiary/aromatic N) is 1. The molecule has 1 fully saturated rings. The fraction of sp³-hybridized carbons (Fsp3) is 0.714. The van der Waals surface area contributed by atoms with Crippen molar-refractivity contribution in [2.75, 3.05) is 32.9 Å². The van der Waals surface area contributed by atoms with Crippen LogP contribution in [-0.2, 0) is 4.74 Å². The van der Waals surface area contributed by atoms with E-state index in [2.05, 4.69) is 4.90 Å². The van der Waals surface area contributed by atoms with E-state index in [-0.39, 0.29) is 12.6 Å². The Kier molecular flexibility index (Phi) is 6.26. The summed E-state index contributed by atoms with van der Waals surface area (Å²) in [6, 6.07) is 4.24. The van der Waals surface area contributed by atoms with Crippen molar-refractivity contribution in [3.8, 4) is 0 Å². The van der Waals surface area contributed by atoms with Gasteiger partial charge in [0, 0.05) is 24.1 Å². The van der Waals surface area contributed by atoms with Gasteiger partial charge in [0.15, 0.2) is 0 Å². The topological polar surface area (TPSA) is 52.9 Å². The molecule has 0 radical (unpaired) electrons. The van der Waals surface area contributed by atoms with Gasteiger partial charge >= 0.3 is 0 Å². The van der Waals surface area contributed by atoms with Gasteiger partial charge in [0.1, 0.15) is 0 Å². The molecule has 4 nitrogen and oxygen atoms in total. The van der Waals surface area contributed by atoms with E-state index in [9.17, 15) is 5.11 Å². The fourth-order valence-electron chi connectivity index (χ4n) is 2.48. The lowest BCUT2D eigenvalue weighted by molar-refractivity contribution is -0.0265. The van der Waals surface area contributed by atoms with Crippen LogP contribution in [0.15, 0.2) is 17.5 Å². The number of rotatable bonds is 7. The molecule has 0 bridgehead atoms. The van der Waals surface area contributed by atoms with Crippen molar-refractivity contribution in [1.82, 2.24) is 4.90 Å². The van der Waals surface area contributed by atoms with Crippen molar-refractivity contribution in [2.24, 2.45) is 0 Å². The van der Waals surface area contributed by atoms with Gasteiger partial charge < -0.3 is 14.9 Å². The highest BCUT2D eigenvalue weighted by Crippen LogP contribution is 2.25. The molecule has 1 aliphatic heterocycles. The predicted octanol–water partition coefficient (Wildman–Crippen LogP) is 1.64. The Morgan fingerprint density at radius 1 is 1.47 bits per heavy atom. The van der Waals surface area contributed by atoms with Crippen molar-refractivity contribution < 1.29 is 14.9 Å². The van der Waals surface area contributed by atoms with Crippen molar-refractivity contribution in [1.29, 1.82) is 0 Å². The highest BCUT2D eigenvalue weighted by molar-refractivity contribution is 7.10. The quantitative estimate of drug-likeness (QED) is 0.748. The second kappa shape index (κ2) is 7.97. The first-order chi connectivity index (χ1) is 9.31. The monoisotopic (exact) mass is 285 g/mol. The second-order valence-electron chi connectivity index (χ2n) is 4.96. The summed E-state index contributed by atoms with van der Waals surface area (Å²) in [6.07, 6.45) is 2.17. The Hall–Kier alpha value is -0.460. The Morgan fingerprint density at radius 3 is 3.11 bits per heavy atom. The largest absolute Gasteiger partial charge is 0.396 e. The highest BCUT2D eigenvalue weighted by atomic mass is 32.1. The van der Waals surface area contributed by atoms with Crippen molar-refractivity contribution >= 4 is 11.3 Å². The lowest BCUT2D eigenvalue weighted by atomic mass is 10.1. The van der Waals surface area contributed by atoms with Gasteiger partial charge in [0.2, 0.25) is 0 Å². The number of ether oxygens (including phenoxy) is 1. The van der Waals surface area contributed by atoms with E-state index in [0.29, 0.717) is 6.61 Å². The van der Waals surface area contributed by atoms with E-state index in [0.717, 1.165) is 43.8 Å². The van der Waals surface area contributed by atoms with Gasteiger partial charge in [-0.3, -0.25) is 4.90 Å². The van der Waals surface area contributed by atoms with E-state index in [4.69, 9.17) is 9.84 Å². The molecule has 5 heteroatoms. The Morgan fingerprint density at radius 2 is 2.37 bits per heavy atom. The molecular formula is C14H23NO3S. The maximum Gasteiger partial charge on any atom is 0.0897 e. The number of hydrogen-bond acceptors (Lipinski definition) is 5. The van der Waals surface area contributed by atoms with Crippen LogP contribution in [0.2, 0.25) is 0 Å². The summed E-state index contributed by atoms with van der Waals surface area (Å²) < 4.78 is 5.54. The van der Waals surface area contributed by atoms with Crippen LogP contribution in [-0.4, -0.2) is 54.1 Å². The molecule has 19 heavy (non-hydrogen) atoms. The van der Waals surface area contributed by atoms with Gasteiger partial charge in [0.05, 0.1) is 19.3 Å². The summed E-state index contributed by atoms with van der Waals surface area (Å²) >= 11 is 1.60. The van der Waals surface area contributed by atoms with Crippen LogP contribution < -0.4 is 0 Å². The number of morpholine rings is 1. The van der Waals surface area contributed by atoms with Crippen molar-refractivity contribution in [3.05, 3.63) is 22.4 Å². The molecule has 1 aromatic heterocycles. The molecule has 1 aromatic rings. The molecule has 1 aliphatic rings. The summed E-state index contributed by atoms with van der Waals surface area (Å²) in [5, 5.41) is 21.1. The third kappa shape index (κ3) is 4.54. The van der Waals surface area contributed by atoms with Gasteiger partial charge in [0.25, 0.3) is 0 Å². The van der Waals surface area contributed by atoms with Crippen LogP contribution >= 0.6 is 11.3 Å². The molecule has 2 rings (SSSR count). The average molecular weight is 285 g/mol. The van der Waals surface area contributed by atoms with Gasteiger partial charge in [-0.05, 0) is 37.3 Å².